The van der Waals surface area contributed by atoms with E-state index in [-0.39, 0.29) is 20.9 Å². The third kappa shape index (κ3) is 3.07. The summed E-state index contributed by atoms with van der Waals surface area (Å²) in [5, 5.41) is 0.589. The van der Waals surface area contributed by atoms with E-state index in [1.54, 1.807) is 4.90 Å². The Morgan fingerprint density at radius 3 is 2.14 bits per heavy atom. The number of carbonyl (C=O) groups excluding carboxylic acids is 1. The summed E-state index contributed by atoms with van der Waals surface area (Å²) >= 11 is 0.104. The molecule has 0 bridgehead atoms. The van der Waals surface area contributed by atoms with Crippen LogP contribution in [0.25, 0.3) is 0 Å². The van der Waals surface area contributed by atoms with Gasteiger partial charge in [-0.2, -0.15) is 0 Å². The topological polar surface area (TPSA) is 32.7 Å². The van der Waals surface area contributed by atoms with Gasteiger partial charge in [-0.25, -0.2) is 0 Å². The number of hydrogen-bond acceptors (Lipinski definition) is 2. The van der Waals surface area contributed by atoms with E-state index in [1.165, 1.54) is 11.1 Å². The zero-order valence-corrected chi connectivity index (χ0v) is 13.7. The van der Waals surface area contributed by atoms with E-state index < -0.39 is 0 Å². The fraction of sp³-hybridized carbons (Fsp3) is 0.176. The van der Waals surface area contributed by atoms with Crippen LogP contribution in [-0.2, 0) is 4.79 Å². The average molecular weight is 343 g/mol. The first kappa shape index (κ1) is 14.1. The summed E-state index contributed by atoms with van der Waals surface area (Å²) in [5.41, 5.74) is 4.22. The van der Waals surface area contributed by atoms with Crippen LogP contribution in [0.5, 0.6) is 0 Å². The molecule has 0 atom stereocenters. The number of benzene rings is 2. The van der Waals surface area contributed by atoms with Crippen molar-refractivity contribution >= 4 is 37.0 Å². The number of aryl methyl sites for hydroxylation is 2. The minimum atomic E-state index is 0.104. The van der Waals surface area contributed by atoms with E-state index >= 15 is 0 Å². The van der Waals surface area contributed by atoms with Crippen molar-refractivity contribution in [2.24, 2.45) is 4.99 Å². The van der Waals surface area contributed by atoms with Crippen molar-refractivity contribution in [1.82, 2.24) is 0 Å². The van der Waals surface area contributed by atoms with Gasteiger partial charge in [-0.05, 0) is 0 Å². The van der Waals surface area contributed by atoms with E-state index in [0.717, 1.165) is 16.1 Å². The Morgan fingerprint density at radius 1 is 0.952 bits per heavy atom. The molecule has 1 fully saturated rings. The molecule has 0 radical (unpaired) electrons. The molecule has 1 aliphatic rings. The molecule has 106 valence electrons. The molecular weight excluding hydrogens is 327 g/mol. The van der Waals surface area contributed by atoms with Crippen LogP contribution in [0.2, 0.25) is 5.32 Å². The second-order valence-electron chi connectivity index (χ2n) is 5.08. The van der Waals surface area contributed by atoms with Gasteiger partial charge in [0.05, 0.1) is 0 Å². The van der Waals surface area contributed by atoms with E-state index in [2.05, 4.69) is 11.9 Å². The van der Waals surface area contributed by atoms with Crippen LogP contribution >= 0.6 is 0 Å². The van der Waals surface area contributed by atoms with Crippen molar-refractivity contribution in [3.63, 3.8) is 0 Å². The van der Waals surface area contributed by atoms with Crippen LogP contribution < -0.4 is 4.90 Å². The zero-order valence-electron chi connectivity index (χ0n) is 12.0. The summed E-state index contributed by atoms with van der Waals surface area (Å²) in [5.74, 6) is 0.143. The van der Waals surface area contributed by atoms with Gasteiger partial charge in [0.15, 0.2) is 0 Å². The van der Waals surface area contributed by atoms with Gasteiger partial charge in [0.2, 0.25) is 0 Å². The molecule has 2 aromatic carbocycles. The minimum absolute atomic E-state index is 0.104. The molecule has 4 heteroatoms. The standard InChI is InChI=1S/C17H16N2OSe/c1-12-3-7-14(8-4-12)18-17-19(16(20)11-21-17)15-9-5-13(2)6-10-15/h3-10H,11H2,1-2H3. The summed E-state index contributed by atoms with van der Waals surface area (Å²) < 4.78 is 0.889. The van der Waals surface area contributed by atoms with Crippen LogP contribution in [0.4, 0.5) is 11.4 Å². The number of amides is 1. The molecule has 21 heavy (non-hydrogen) atoms. The van der Waals surface area contributed by atoms with Crippen molar-refractivity contribution in [3.05, 3.63) is 59.7 Å². The average Bonchev–Trinajstić information content (AvgIpc) is 2.83. The number of nitrogens with zero attached hydrogens (tertiary/aromatic N) is 2. The van der Waals surface area contributed by atoms with Crippen molar-refractivity contribution in [2.45, 2.75) is 19.2 Å². The maximum atomic E-state index is 12.2. The predicted molar refractivity (Wildman–Crippen MR) is 87.5 cm³/mol. The van der Waals surface area contributed by atoms with Crippen molar-refractivity contribution in [3.8, 4) is 0 Å². The fourth-order valence-corrected chi connectivity index (χ4v) is 3.99. The second kappa shape index (κ2) is 5.84. The molecule has 0 unspecified atom stereocenters. The molecular formula is C17H16N2OSe. The van der Waals surface area contributed by atoms with Gasteiger partial charge < -0.3 is 0 Å². The SMILES string of the molecule is Cc1ccc(N=C2[Se]CC(=O)N2c2ccc(C)cc2)cc1. The summed E-state index contributed by atoms with van der Waals surface area (Å²) in [6.45, 7) is 4.10. The maximum absolute atomic E-state index is 12.2. The number of carbonyl (C=O) groups is 1. The third-order valence-corrected chi connectivity index (χ3v) is 5.25. The van der Waals surface area contributed by atoms with Crippen LogP contribution in [0.15, 0.2) is 53.5 Å². The van der Waals surface area contributed by atoms with Gasteiger partial charge in [0.25, 0.3) is 0 Å². The molecule has 0 N–H and O–H groups in total. The third-order valence-electron chi connectivity index (χ3n) is 3.32. The molecule has 0 aromatic heterocycles. The van der Waals surface area contributed by atoms with Crippen LogP contribution in [-0.4, -0.2) is 25.6 Å². The van der Waals surface area contributed by atoms with E-state index in [0.29, 0.717) is 5.32 Å². The van der Waals surface area contributed by atoms with Crippen molar-refractivity contribution < 1.29 is 4.79 Å². The summed E-state index contributed by atoms with van der Waals surface area (Å²) in [7, 11) is 0. The summed E-state index contributed by atoms with van der Waals surface area (Å²) in [6, 6.07) is 16.1. The summed E-state index contributed by atoms with van der Waals surface area (Å²) in [4.78, 5) is 18.6. The normalized spacial score (nSPS) is 16.8. The first-order chi connectivity index (χ1) is 10.1. The van der Waals surface area contributed by atoms with Crippen molar-refractivity contribution in [1.29, 1.82) is 0 Å². The Kier molecular flexibility index (Phi) is 3.91. The van der Waals surface area contributed by atoms with Gasteiger partial charge >= 0.3 is 130 Å². The van der Waals surface area contributed by atoms with E-state index in [4.69, 9.17) is 0 Å². The molecule has 0 aliphatic carbocycles. The Morgan fingerprint density at radius 2 is 1.52 bits per heavy atom. The van der Waals surface area contributed by atoms with Crippen LogP contribution in [0.1, 0.15) is 11.1 Å². The fourth-order valence-electron chi connectivity index (χ4n) is 2.12. The van der Waals surface area contributed by atoms with Crippen molar-refractivity contribution in [2.75, 3.05) is 4.90 Å². The molecule has 3 nitrogen and oxygen atoms in total. The van der Waals surface area contributed by atoms with Gasteiger partial charge in [0, 0.05) is 0 Å². The molecule has 0 spiro atoms. The molecule has 2 aromatic rings. The molecule has 0 saturated carbocycles. The Hall–Kier alpha value is -1.90. The molecule has 1 saturated heterocycles. The number of amidine groups is 1. The number of aliphatic imine (C=N–C) groups is 1. The second-order valence-corrected chi connectivity index (χ2v) is 7.06. The molecule has 3 rings (SSSR count). The Balaban J connectivity index is 1.95. The molecule has 1 aliphatic heterocycles. The van der Waals surface area contributed by atoms with E-state index in [1.807, 2.05) is 55.5 Å². The monoisotopic (exact) mass is 344 g/mol. The zero-order chi connectivity index (χ0) is 14.8. The van der Waals surface area contributed by atoms with Crippen LogP contribution in [0.3, 0.4) is 0 Å². The molecule has 1 amide bonds. The first-order valence-corrected chi connectivity index (χ1v) is 8.88. The summed E-state index contributed by atoms with van der Waals surface area (Å²) in [6.07, 6.45) is 0. The van der Waals surface area contributed by atoms with Gasteiger partial charge in [-0.3, -0.25) is 0 Å². The quantitative estimate of drug-likeness (QED) is 0.769. The first-order valence-electron chi connectivity index (χ1n) is 6.81. The van der Waals surface area contributed by atoms with Gasteiger partial charge in [-0.15, -0.1) is 0 Å². The number of rotatable bonds is 2. The Bertz CT molecular complexity index is 690. The van der Waals surface area contributed by atoms with Gasteiger partial charge in [-0.1, -0.05) is 0 Å². The van der Waals surface area contributed by atoms with E-state index in [9.17, 15) is 4.79 Å². The van der Waals surface area contributed by atoms with Crippen LogP contribution in [0, 0.1) is 13.8 Å². The number of hydrogen-bond donors (Lipinski definition) is 0. The predicted octanol–water partition coefficient (Wildman–Crippen LogP) is 3.46. The molecule has 1 heterocycles. The number of anilines is 1. The van der Waals surface area contributed by atoms with Gasteiger partial charge in [0.1, 0.15) is 0 Å². The Labute approximate surface area is 130 Å².